The molecule has 7 nitrogen and oxygen atoms in total. The fourth-order valence-corrected chi connectivity index (χ4v) is 6.87. The van der Waals surface area contributed by atoms with Crippen LogP contribution < -0.4 is 5.32 Å². The Hall–Kier alpha value is -2.50. The number of halogens is 3. The van der Waals surface area contributed by atoms with Crippen molar-refractivity contribution in [1.82, 2.24) is 15.2 Å². The molecule has 2 aromatic rings. The van der Waals surface area contributed by atoms with Gasteiger partial charge in [-0.3, -0.25) is 14.7 Å². The van der Waals surface area contributed by atoms with E-state index in [2.05, 4.69) is 29.0 Å². The number of benzene rings is 1. The molecule has 1 aromatic carbocycles. The Labute approximate surface area is 234 Å². The molecule has 2 N–H and O–H groups in total. The number of alkyl halides is 3. The van der Waals surface area contributed by atoms with Gasteiger partial charge in [0, 0.05) is 30.9 Å². The molecule has 2 aliphatic rings. The van der Waals surface area contributed by atoms with E-state index in [9.17, 15) is 31.5 Å². The van der Waals surface area contributed by atoms with Crippen LogP contribution in [0.5, 0.6) is 0 Å². The lowest BCUT2D eigenvalue weighted by atomic mass is 9.81. The van der Waals surface area contributed by atoms with Gasteiger partial charge in [-0.05, 0) is 72.9 Å². The van der Waals surface area contributed by atoms with Gasteiger partial charge in [0.2, 0.25) is 0 Å². The molecule has 11 heteroatoms. The Morgan fingerprint density at radius 2 is 1.85 bits per heavy atom. The zero-order valence-corrected chi connectivity index (χ0v) is 23.9. The number of carbonyl (C=O) groups is 1. The normalized spacial score (nSPS) is 22.8. The molecule has 1 amide bonds. The molecule has 0 saturated heterocycles. The SMILES string of the molecule is CCS(=O)(=O)c1ccc([C@@H](CO)NC(=O)c2ccc3c(c2)CN(CC2CCC(C(F)(F)F)CC2)[C@H]3C(C)C)nc1. The van der Waals surface area contributed by atoms with E-state index in [0.717, 1.165) is 17.7 Å². The van der Waals surface area contributed by atoms with E-state index in [1.54, 1.807) is 13.0 Å². The van der Waals surface area contributed by atoms with Gasteiger partial charge in [-0.15, -0.1) is 0 Å². The van der Waals surface area contributed by atoms with E-state index in [4.69, 9.17) is 0 Å². The lowest BCUT2D eigenvalue weighted by Gasteiger charge is -2.35. The smallest absolute Gasteiger partial charge is 0.391 e. The number of rotatable bonds is 9. The summed E-state index contributed by atoms with van der Waals surface area (Å²) in [4.78, 5) is 19.7. The molecule has 2 atom stereocenters. The highest BCUT2D eigenvalue weighted by Crippen LogP contribution is 2.43. The summed E-state index contributed by atoms with van der Waals surface area (Å²) in [6.45, 7) is 6.74. The van der Waals surface area contributed by atoms with Crippen molar-refractivity contribution in [1.29, 1.82) is 0 Å². The molecule has 4 rings (SSSR count). The third kappa shape index (κ3) is 6.69. The fourth-order valence-electron chi connectivity index (χ4n) is 6.05. The van der Waals surface area contributed by atoms with Crippen molar-refractivity contribution in [3.63, 3.8) is 0 Å². The third-order valence-electron chi connectivity index (χ3n) is 8.27. The van der Waals surface area contributed by atoms with Crippen LogP contribution in [0.4, 0.5) is 13.2 Å². The fraction of sp³-hybridized carbons (Fsp3) is 0.586. The standard InChI is InChI=1S/C29H38F3N3O4S/c1-4-40(38,39)23-10-12-25(33-14-23)26(17-36)34-28(37)20-7-11-24-21(13-20)16-35(27(24)18(2)3)15-19-5-8-22(9-6-19)29(30,31)32/h7,10-14,18-19,22,26-27,36H,4-6,8-9,15-17H2,1-3H3,(H,34,37)/t19?,22?,26-,27+/m1/s1. The Kier molecular flexibility index (Phi) is 9.26. The summed E-state index contributed by atoms with van der Waals surface area (Å²) in [7, 11) is -3.41. The number of amides is 1. The second kappa shape index (κ2) is 12.2. The van der Waals surface area contributed by atoms with Crippen molar-refractivity contribution in [3.8, 4) is 0 Å². The average molecular weight is 582 g/mol. The molecule has 2 heterocycles. The van der Waals surface area contributed by atoms with Crippen LogP contribution in [-0.4, -0.2) is 54.4 Å². The molecular weight excluding hydrogens is 543 g/mol. The van der Waals surface area contributed by atoms with Crippen molar-refractivity contribution >= 4 is 15.7 Å². The molecule has 220 valence electrons. The van der Waals surface area contributed by atoms with Gasteiger partial charge in [0.25, 0.3) is 5.91 Å². The zero-order valence-electron chi connectivity index (χ0n) is 23.1. The van der Waals surface area contributed by atoms with E-state index in [-0.39, 0.29) is 47.3 Å². The van der Waals surface area contributed by atoms with Crippen LogP contribution >= 0.6 is 0 Å². The monoisotopic (exact) mass is 581 g/mol. The molecule has 40 heavy (non-hydrogen) atoms. The molecule has 0 spiro atoms. The van der Waals surface area contributed by atoms with Crippen LogP contribution in [0.1, 0.15) is 85.7 Å². The quantitative estimate of drug-likeness (QED) is 0.421. The number of carbonyl (C=O) groups excluding carboxylic acids is 1. The largest absolute Gasteiger partial charge is 0.394 e. The summed E-state index contributed by atoms with van der Waals surface area (Å²) in [6.07, 6.45) is -1.38. The van der Waals surface area contributed by atoms with Crippen molar-refractivity contribution < 1.29 is 31.5 Å². The summed E-state index contributed by atoms with van der Waals surface area (Å²) < 4.78 is 63.4. The number of fused-ring (bicyclic) bond motifs is 1. The highest BCUT2D eigenvalue weighted by molar-refractivity contribution is 7.91. The minimum absolute atomic E-state index is 0.0548. The predicted molar refractivity (Wildman–Crippen MR) is 145 cm³/mol. The van der Waals surface area contributed by atoms with Gasteiger partial charge in [-0.1, -0.05) is 26.8 Å². The minimum Gasteiger partial charge on any atom is -0.394 e. The van der Waals surface area contributed by atoms with Crippen LogP contribution in [-0.2, 0) is 16.4 Å². The minimum atomic E-state index is -4.11. The highest BCUT2D eigenvalue weighted by Gasteiger charge is 2.42. The van der Waals surface area contributed by atoms with Crippen LogP contribution in [0.2, 0.25) is 0 Å². The molecule has 1 aromatic heterocycles. The number of aliphatic hydroxyl groups is 1. The van der Waals surface area contributed by atoms with E-state index in [0.29, 0.717) is 30.6 Å². The Bertz CT molecular complexity index is 1290. The molecule has 1 aliphatic heterocycles. The van der Waals surface area contributed by atoms with Crippen molar-refractivity contribution in [3.05, 3.63) is 58.9 Å². The topological polar surface area (TPSA) is 99.6 Å². The van der Waals surface area contributed by atoms with E-state index in [1.807, 2.05) is 12.1 Å². The number of sulfone groups is 1. The number of pyridine rings is 1. The summed E-state index contributed by atoms with van der Waals surface area (Å²) in [6, 6.07) is 7.76. The van der Waals surface area contributed by atoms with E-state index < -0.39 is 34.6 Å². The lowest BCUT2D eigenvalue weighted by Crippen LogP contribution is -2.34. The lowest BCUT2D eigenvalue weighted by molar-refractivity contribution is -0.184. The molecule has 0 bridgehead atoms. The number of hydrogen-bond donors (Lipinski definition) is 2. The van der Waals surface area contributed by atoms with Crippen LogP contribution in [0, 0.1) is 17.8 Å². The van der Waals surface area contributed by atoms with Crippen LogP contribution in [0.25, 0.3) is 0 Å². The van der Waals surface area contributed by atoms with Crippen LogP contribution in [0.15, 0.2) is 41.4 Å². The first-order chi connectivity index (χ1) is 18.8. The van der Waals surface area contributed by atoms with Crippen molar-refractivity contribution in [2.45, 2.75) is 76.2 Å². The second-order valence-electron chi connectivity index (χ2n) is 11.3. The van der Waals surface area contributed by atoms with E-state index in [1.165, 1.54) is 18.3 Å². The number of nitrogens with zero attached hydrogens (tertiary/aromatic N) is 2. The molecule has 0 unspecified atom stereocenters. The van der Waals surface area contributed by atoms with Gasteiger partial charge in [0.05, 0.1) is 34.9 Å². The van der Waals surface area contributed by atoms with E-state index >= 15 is 0 Å². The van der Waals surface area contributed by atoms with Gasteiger partial charge in [-0.25, -0.2) is 8.42 Å². The number of nitrogens with one attached hydrogen (secondary N) is 1. The Morgan fingerprint density at radius 3 is 2.40 bits per heavy atom. The van der Waals surface area contributed by atoms with Gasteiger partial charge in [0.15, 0.2) is 9.84 Å². The number of aromatic nitrogens is 1. The average Bonchev–Trinajstić information content (AvgIpc) is 3.28. The van der Waals surface area contributed by atoms with Gasteiger partial charge in [0.1, 0.15) is 0 Å². The Balaban J connectivity index is 1.44. The maximum Gasteiger partial charge on any atom is 0.391 e. The van der Waals surface area contributed by atoms with Crippen LogP contribution in [0.3, 0.4) is 0 Å². The highest BCUT2D eigenvalue weighted by atomic mass is 32.2. The molecular formula is C29H38F3N3O4S. The second-order valence-corrected chi connectivity index (χ2v) is 13.6. The van der Waals surface area contributed by atoms with Gasteiger partial charge >= 0.3 is 6.18 Å². The predicted octanol–water partition coefficient (Wildman–Crippen LogP) is 5.22. The first-order valence-corrected chi connectivity index (χ1v) is 15.5. The number of aliphatic hydroxyl groups excluding tert-OH is 1. The molecule has 1 saturated carbocycles. The maximum atomic E-state index is 13.1. The zero-order chi connectivity index (χ0) is 29.2. The third-order valence-corrected chi connectivity index (χ3v) is 9.99. The van der Waals surface area contributed by atoms with Crippen molar-refractivity contribution in [2.24, 2.45) is 17.8 Å². The summed E-state index contributed by atoms with van der Waals surface area (Å²) >= 11 is 0. The summed E-state index contributed by atoms with van der Waals surface area (Å²) in [5.74, 6) is -1.13. The van der Waals surface area contributed by atoms with Crippen molar-refractivity contribution in [2.75, 3.05) is 18.9 Å². The van der Waals surface area contributed by atoms with Gasteiger partial charge < -0.3 is 10.4 Å². The Morgan fingerprint density at radius 1 is 1.15 bits per heavy atom. The summed E-state index contributed by atoms with van der Waals surface area (Å²) in [5, 5.41) is 12.7. The maximum absolute atomic E-state index is 13.1. The molecule has 1 aliphatic carbocycles. The number of hydrogen-bond acceptors (Lipinski definition) is 6. The molecule has 1 fully saturated rings. The van der Waals surface area contributed by atoms with Gasteiger partial charge in [-0.2, -0.15) is 13.2 Å². The molecule has 0 radical (unpaired) electrons. The first kappa shape index (κ1) is 30.5. The first-order valence-electron chi connectivity index (χ1n) is 13.9. The summed E-state index contributed by atoms with van der Waals surface area (Å²) in [5.41, 5.74) is 2.92.